The van der Waals surface area contributed by atoms with Crippen molar-refractivity contribution in [2.45, 2.75) is 6.92 Å². The first-order valence-electron chi connectivity index (χ1n) is 3.92. The second-order valence-electron chi connectivity index (χ2n) is 2.68. The van der Waals surface area contributed by atoms with Crippen molar-refractivity contribution in [2.24, 2.45) is 0 Å². The molecule has 0 aliphatic rings. The minimum absolute atomic E-state index is 0.279. The largest absolute Gasteiger partial charge is 0.243 e. The molecule has 0 amide bonds. The number of para-hydroxylation sites is 1. The SMILES string of the molecule is Cc1nc(Cl)nn1-c1ccccc1. The Morgan fingerprint density at radius 2 is 1.92 bits per heavy atom. The van der Waals surface area contributed by atoms with Gasteiger partial charge in [0.15, 0.2) is 0 Å². The molecule has 0 bridgehead atoms. The molecule has 0 aliphatic heterocycles. The van der Waals surface area contributed by atoms with Gasteiger partial charge in [-0.1, -0.05) is 18.2 Å². The average molecular weight is 194 g/mol. The molecule has 0 N–H and O–H groups in total. The minimum Gasteiger partial charge on any atom is -0.217 e. The maximum absolute atomic E-state index is 5.67. The first-order valence-corrected chi connectivity index (χ1v) is 4.30. The molecule has 0 saturated carbocycles. The van der Waals surface area contributed by atoms with Gasteiger partial charge in [-0.25, -0.2) is 9.67 Å². The Balaban J connectivity index is 2.53. The zero-order chi connectivity index (χ0) is 9.26. The second kappa shape index (κ2) is 3.18. The average Bonchev–Trinajstić information content (AvgIpc) is 2.47. The van der Waals surface area contributed by atoms with E-state index < -0.39 is 0 Å². The van der Waals surface area contributed by atoms with E-state index in [1.807, 2.05) is 37.3 Å². The van der Waals surface area contributed by atoms with Crippen molar-refractivity contribution in [3.8, 4) is 5.69 Å². The fourth-order valence-electron chi connectivity index (χ4n) is 1.17. The number of nitrogens with zero attached hydrogens (tertiary/aromatic N) is 3. The van der Waals surface area contributed by atoms with Crippen molar-refractivity contribution in [1.82, 2.24) is 14.8 Å². The molecule has 1 aromatic carbocycles. The maximum Gasteiger partial charge on any atom is 0.243 e. The van der Waals surface area contributed by atoms with E-state index in [0.717, 1.165) is 11.5 Å². The lowest BCUT2D eigenvalue weighted by Crippen LogP contribution is -1.98. The molecule has 1 aromatic heterocycles. The zero-order valence-electron chi connectivity index (χ0n) is 7.11. The predicted octanol–water partition coefficient (Wildman–Crippen LogP) is 2.23. The molecule has 2 aromatic rings. The van der Waals surface area contributed by atoms with Crippen LogP contribution >= 0.6 is 11.6 Å². The monoisotopic (exact) mass is 193 g/mol. The van der Waals surface area contributed by atoms with Crippen molar-refractivity contribution in [3.05, 3.63) is 41.4 Å². The lowest BCUT2D eigenvalue weighted by atomic mass is 10.3. The molecule has 0 radical (unpaired) electrons. The Bertz CT molecular complexity index is 408. The van der Waals surface area contributed by atoms with E-state index in [1.165, 1.54) is 0 Å². The Hall–Kier alpha value is -1.35. The number of aryl methyl sites for hydroxylation is 1. The van der Waals surface area contributed by atoms with E-state index in [0.29, 0.717) is 0 Å². The number of rotatable bonds is 1. The molecular formula is C9H8ClN3. The van der Waals surface area contributed by atoms with Crippen LogP contribution in [0.15, 0.2) is 30.3 Å². The lowest BCUT2D eigenvalue weighted by Gasteiger charge is -2.00. The van der Waals surface area contributed by atoms with E-state index in [2.05, 4.69) is 10.1 Å². The summed E-state index contributed by atoms with van der Waals surface area (Å²) in [6.45, 7) is 1.87. The van der Waals surface area contributed by atoms with Gasteiger partial charge in [-0.15, -0.1) is 5.10 Å². The Morgan fingerprint density at radius 3 is 2.46 bits per heavy atom. The predicted molar refractivity (Wildman–Crippen MR) is 51.1 cm³/mol. The molecule has 0 saturated heterocycles. The standard InChI is InChI=1S/C9H8ClN3/c1-7-11-9(10)12-13(7)8-5-3-2-4-6-8/h2-6H,1H3. The smallest absolute Gasteiger partial charge is 0.217 e. The summed E-state index contributed by atoms with van der Waals surface area (Å²) in [5.74, 6) is 0.788. The molecular weight excluding hydrogens is 186 g/mol. The number of hydrogen-bond acceptors (Lipinski definition) is 2. The molecule has 66 valence electrons. The van der Waals surface area contributed by atoms with Crippen molar-refractivity contribution in [2.75, 3.05) is 0 Å². The summed E-state index contributed by atoms with van der Waals surface area (Å²) < 4.78 is 1.71. The molecule has 0 unspecified atom stereocenters. The third-order valence-electron chi connectivity index (χ3n) is 1.74. The van der Waals surface area contributed by atoms with Gasteiger partial charge in [0.2, 0.25) is 5.28 Å². The van der Waals surface area contributed by atoms with Crippen LogP contribution in [-0.2, 0) is 0 Å². The topological polar surface area (TPSA) is 30.7 Å². The summed E-state index contributed by atoms with van der Waals surface area (Å²) in [6.07, 6.45) is 0. The highest BCUT2D eigenvalue weighted by Crippen LogP contribution is 2.10. The van der Waals surface area contributed by atoms with Gasteiger partial charge in [0, 0.05) is 0 Å². The molecule has 13 heavy (non-hydrogen) atoms. The van der Waals surface area contributed by atoms with Crippen molar-refractivity contribution in [1.29, 1.82) is 0 Å². The summed E-state index contributed by atoms with van der Waals surface area (Å²) in [4.78, 5) is 4.00. The van der Waals surface area contributed by atoms with Gasteiger partial charge in [0.05, 0.1) is 5.69 Å². The molecule has 4 heteroatoms. The Labute approximate surface area is 81.0 Å². The third kappa shape index (κ3) is 1.55. The summed E-state index contributed by atoms with van der Waals surface area (Å²) in [7, 11) is 0. The number of aromatic nitrogens is 3. The third-order valence-corrected chi connectivity index (χ3v) is 1.90. The molecule has 3 nitrogen and oxygen atoms in total. The normalized spacial score (nSPS) is 10.3. The van der Waals surface area contributed by atoms with Gasteiger partial charge in [-0.3, -0.25) is 0 Å². The van der Waals surface area contributed by atoms with E-state index >= 15 is 0 Å². The zero-order valence-corrected chi connectivity index (χ0v) is 7.86. The van der Waals surface area contributed by atoms with Crippen LogP contribution < -0.4 is 0 Å². The van der Waals surface area contributed by atoms with Crippen LogP contribution in [0, 0.1) is 6.92 Å². The van der Waals surface area contributed by atoms with Crippen LogP contribution in [0.4, 0.5) is 0 Å². The molecule has 0 spiro atoms. The second-order valence-corrected chi connectivity index (χ2v) is 3.01. The summed E-state index contributed by atoms with van der Waals surface area (Å²) in [5.41, 5.74) is 0.972. The van der Waals surface area contributed by atoms with Crippen LogP contribution in [0.2, 0.25) is 5.28 Å². The molecule has 2 rings (SSSR count). The summed E-state index contributed by atoms with van der Waals surface area (Å²) >= 11 is 5.67. The molecule has 0 atom stereocenters. The van der Waals surface area contributed by atoms with Gasteiger partial charge in [-0.05, 0) is 30.7 Å². The van der Waals surface area contributed by atoms with Crippen LogP contribution in [0.1, 0.15) is 5.82 Å². The van der Waals surface area contributed by atoms with Gasteiger partial charge in [0.1, 0.15) is 5.82 Å². The maximum atomic E-state index is 5.67. The van der Waals surface area contributed by atoms with E-state index in [4.69, 9.17) is 11.6 Å². The van der Waals surface area contributed by atoms with Crippen LogP contribution in [-0.4, -0.2) is 14.8 Å². The minimum atomic E-state index is 0.279. The fraction of sp³-hybridized carbons (Fsp3) is 0.111. The highest BCUT2D eigenvalue weighted by atomic mass is 35.5. The van der Waals surface area contributed by atoms with Crippen molar-refractivity contribution in [3.63, 3.8) is 0 Å². The first kappa shape index (κ1) is 8.26. The van der Waals surface area contributed by atoms with Crippen LogP contribution in [0.3, 0.4) is 0 Å². The molecule has 0 aliphatic carbocycles. The summed E-state index contributed by atoms with van der Waals surface area (Å²) in [6, 6.07) is 9.77. The van der Waals surface area contributed by atoms with Gasteiger partial charge in [0.25, 0.3) is 0 Å². The highest BCUT2D eigenvalue weighted by molar-refractivity contribution is 6.28. The number of hydrogen-bond donors (Lipinski definition) is 0. The molecule has 0 fully saturated rings. The summed E-state index contributed by atoms with van der Waals surface area (Å²) in [5, 5.41) is 4.33. The van der Waals surface area contributed by atoms with Gasteiger partial charge >= 0.3 is 0 Å². The fourth-order valence-corrected chi connectivity index (χ4v) is 1.37. The quantitative estimate of drug-likeness (QED) is 0.696. The van der Waals surface area contributed by atoms with Crippen LogP contribution in [0.25, 0.3) is 5.69 Å². The van der Waals surface area contributed by atoms with Crippen molar-refractivity contribution < 1.29 is 0 Å². The van der Waals surface area contributed by atoms with E-state index in [9.17, 15) is 0 Å². The Morgan fingerprint density at radius 1 is 1.23 bits per heavy atom. The first-order chi connectivity index (χ1) is 6.27. The van der Waals surface area contributed by atoms with Gasteiger partial charge in [-0.2, -0.15) is 0 Å². The van der Waals surface area contributed by atoms with Crippen LogP contribution in [0.5, 0.6) is 0 Å². The highest BCUT2D eigenvalue weighted by Gasteiger charge is 2.04. The Kier molecular flexibility index (Phi) is 2.02. The van der Waals surface area contributed by atoms with E-state index in [1.54, 1.807) is 4.68 Å². The molecule has 1 heterocycles. The van der Waals surface area contributed by atoms with Crippen molar-refractivity contribution >= 4 is 11.6 Å². The van der Waals surface area contributed by atoms with E-state index in [-0.39, 0.29) is 5.28 Å². The lowest BCUT2D eigenvalue weighted by molar-refractivity contribution is 0.840. The van der Waals surface area contributed by atoms with Gasteiger partial charge < -0.3 is 0 Å². The number of halogens is 1. The number of benzene rings is 1.